The van der Waals surface area contributed by atoms with Crippen molar-refractivity contribution < 1.29 is 14.7 Å². The van der Waals surface area contributed by atoms with Gasteiger partial charge in [0.2, 0.25) is 11.8 Å². The average molecular weight is 580 g/mol. The number of para-hydroxylation sites is 2. The molecule has 0 spiro atoms. The van der Waals surface area contributed by atoms with Crippen molar-refractivity contribution in [3.8, 4) is 0 Å². The summed E-state index contributed by atoms with van der Waals surface area (Å²) < 4.78 is 1.13. The Balaban J connectivity index is 1.45. The molecule has 1 aliphatic carbocycles. The first-order valence-corrected chi connectivity index (χ1v) is 13.6. The average Bonchev–Trinajstić information content (AvgIpc) is 3.28. The monoisotopic (exact) mass is 578 g/mol. The van der Waals surface area contributed by atoms with Gasteiger partial charge in [-0.25, -0.2) is 0 Å². The summed E-state index contributed by atoms with van der Waals surface area (Å²) in [5, 5.41) is 16.3. The lowest BCUT2D eigenvalue weighted by molar-refractivity contribution is -0.124. The molecule has 1 fully saturated rings. The lowest BCUT2D eigenvalue weighted by Gasteiger charge is -2.25. The van der Waals surface area contributed by atoms with E-state index in [1.165, 1.54) is 6.08 Å². The molecule has 0 radical (unpaired) electrons. The number of amides is 2. The van der Waals surface area contributed by atoms with E-state index in [0.29, 0.717) is 31.0 Å². The van der Waals surface area contributed by atoms with Gasteiger partial charge in [-0.15, -0.1) is 0 Å². The minimum atomic E-state index is -0.849. The molecule has 4 rings (SSSR count). The van der Waals surface area contributed by atoms with E-state index < -0.39 is 5.60 Å². The lowest BCUT2D eigenvalue weighted by Crippen LogP contribution is -2.38. The zero-order valence-corrected chi connectivity index (χ0v) is 23.4. The van der Waals surface area contributed by atoms with Crippen LogP contribution in [0.4, 0.5) is 11.4 Å². The van der Waals surface area contributed by atoms with Gasteiger partial charge in [-0.05, 0) is 66.6 Å². The van der Waals surface area contributed by atoms with Crippen molar-refractivity contribution in [3.05, 3.63) is 88.1 Å². The molecule has 2 aliphatic rings. The van der Waals surface area contributed by atoms with Gasteiger partial charge in [0, 0.05) is 37.3 Å². The predicted molar refractivity (Wildman–Crippen MR) is 156 cm³/mol. The van der Waals surface area contributed by atoms with Crippen LogP contribution in [-0.2, 0) is 9.59 Å². The van der Waals surface area contributed by atoms with Crippen LogP contribution in [0.25, 0.3) is 6.08 Å². The van der Waals surface area contributed by atoms with Crippen LogP contribution in [0.1, 0.15) is 43.7 Å². The number of benzene rings is 2. The number of nitrogen functional groups attached to an aromatic ring is 1. The second kappa shape index (κ2) is 12.1. The van der Waals surface area contributed by atoms with Crippen LogP contribution < -0.4 is 16.4 Å². The number of halogens is 1. The third-order valence-electron chi connectivity index (χ3n) is 6.74. The number of allylic oxidation sites excluding steroid dienone is 4. The van der Waals surface area contributed by atoms with E-state index in [-0.39, 0.29) is 23.7 Å². The Morgan fingerprint density at radius 1 is 1.08 bits per heavy atom. The van der Waals surface area contributed by atoms with E-state index in [1.54, 1.807) is 32.1 Å². The lowest BCUT2D eigenvalue weighted by atomic mass is 9.87. The number of rotatable bonds is 8. The number of hydrogen-bond donors (Lipinski definition) is 4. The number of likely N-dealkylation sites (tertiary alicyclic amines) is 1. The zero-order chi connectivity index (χ0) is 27.3. The molecule has 5 N–H and O–H groups in total. The van der Waals surface area contributed by atoms with E-state index in [4.69, 9.17) is 5.73 Å². The van der Waals surface area contributed by atoms with Crippen LogP contribution in [0.3, 0.4) is 0 Å². The Morgan fingerprint density at radius 2 is 1.82 bits per heavy atom. The van der Waals surface area contributed by atoms with Gasteiger partial charge in [0.05, 0.1) is 22.9 Å². The molecule has 8 heteroatoms. The first-order valence-electron chi connectivity index (χ1n) is 12.8. The summed E-state index contributed by atoms with van der Waals surface area (Å²) in [7, 11) is 0. The fraction of sp³-hybridized carbons (Fsp3) is 0.333. The molecule has 2 unspecified atom stereocenters. The van der Waals surface area contributed by atoms with E-state index in [0.717, 1.165) is 34.1 Å². The maximum absolute atomic E-state index is 13.4. The van der Waals surface area contributed by atoms with Gasteiger partial charge in [-0.3, -0.25) is 14.5 Å². The molecule has 0 bridgehead atoms. The predicted octanol–water partition coefficient (Wildman–Crippen LogP) is 4.78. The summed E-state index contributed by atoms with van der Waals surface area (Å²) >= 11 is 3.51. The van der Waals surface area contributed by atoms with Crippen LogP contribution >= 0.6 is 15.9 Å². The Bertz CT molecular complexity index is 1260. The second-order valence-corrected chi connectivity index (χ2v) is 11.6. The maximum Gasteiger partial charge on any atom is 0.248 e. The van der Waals surface area contributed by atoms with E-state index in [1.807, 2.05) is 48.6 Å². The van der Waals surface area contributed by atoms with Gasteiger partial charge in [-0.1, -0.05) is 58.4 Å². The third kappa shape index (κ3) is 7.66. The molecule has 1 saturated heterocycles. The number of anilines is 2. The van der Waals surface area contributed by atoms with Crippen molar-refractivity contribution in [1.82, 2.24) is 10.2 Å². The molecule has 2 aromatic carbocycles. The first-order chi connectivity index (χ1) is 18.1. The van der Waals surface area contributed by atoms with Gasteiger partial charge >= 0.3 is 0 Å². The molecule has 0 saturated carbocycles. The Labute approximate surface area is 232 Å². The quantitative estimate of drug-likeness (QED) is 0.266. The van der Waals surface area contributed by atoms with Gasteiger partial charge < -0.3 is 21.5 Å². The fourth-order valence-electron chi connectivity index (χ4n) is 4.94. The van der Waals surface area contributed by atoms with Gasteiger partial charge in [0.1, 0.15) is 0 Å². The summed E-state index contributed by atoms with van der Waals surface area (Å²) in [4.78, 5) is 27.9. The molecule has 2 amide bonds. The summed E-state index contributed by atoms with van der Waals surface area (Å²) in [6, 6.07) is 15.1. The maximum atomic E-state index is 13.4. The molecular weight excluding hydrogens is 544 g/mol. The third-order valence-corrected chi connectivity index (χ3v) is 7.40. The minimum absolute atomic E-state index is 0.00625. The molecule has 7 nitrogen and oxygen atoms in total. The van der Waals surface area contributed by atoms with Crippen LogP contribution in [0, 0.1) is 5.92 Å². The largest absolute Gasteiger partial charge is 0.397 e. The molecule has 2 aromatic rings. The molecule has 0 aromatic heterocycles. The fourth-order valence-corrected chi connectivity index (χ4v) is 5.27. The van der Waals surface area contributed by atoms with Gasteiger partial charge in [0.15, 0.2) is 0 Å². The summed E-state index contributed by atoms with van der Waals surface area (Å²) in [6.07, 6.45) is 8.82. The number of nitrogens with zero attached hydrogens (tertiary/aromatic N) is 1. The normalized spacial score (nSPS) is 20.2. The highest BCUT2D eigenvalue weighted by molar-refractivity contribution is 9.11. The summed E-state index contributed by atoms with van der Waals surface area (Å²) in [5.41, 5.74) is 8.99. The Kier molecular flexibility index (Phi) is 8.87. The highest BCUT2D eigenvalue weighted by atomic mass is 79.9. The topological polar surface area (TPSA) is 108 Å². The molecule has 200 valence electrons. The van der Waals surface area contributed by atoms with Crippen molar-refractivity contribution in [2.75, 3.05) is 30.7 Å². The smallest absolute Gasteiger partial charge is 0.248 e. The van der Waals surface area contributed by atoms with Crippen LogP contribution in [-0.4, -0.2) is 47.1 Å². The zero-order valence-electron chi connectivity index (χ0n) is 21.8. The number of aliphatic hydroxyl groups is 1. The molecule has 2 atom stereocenters. The van der Waals surface area contributed by atoms with Crippen molar-refractivity contribution in [2.24, 2.45) is 5.92 Å². The molecule has 1 heterocycles. The SMILES string of the molecule is CC(C)(O)CN1CC(C(=O)NC2=CC=C(Br)CC2)C(c2ccc(/C=C/C(=O)Nc3ccccc3N)cc2)C1. The van der Waals surface area contributed by atoms with Crippen LogP contribution in [0.5, 0.6) is 0 Å². The van der Waals surface area contributed by atoms with Gasteiger partial charge in [-0.2, -0.15) is 0 Å². The highest BCUT2D eigenvalue weighted by Crippen LogP contribution is 2.34. The number of hydrogen-bond acceptors (Lipinski definition) is 5. The number of nitrogens with two attached hydrogens (primary N) is 1. The number of nitrogens with one attached hydrogen (secondary N) is 2. The van der Waals surface area contributed by atoms with Crippen LogP contribution in [0.15, 0.2) is 76.9 Å². The minimum Gasteiger partial charge on any atom is -0.397 e. The molecular formula is C30H35BrN4O3. The number of β-amino-alcohol motifs (C(OH)–C–C–N with tert-alkyl or cyclic N) is 1. The second-order valence-electron chi connectivity index (χ2n) is 10.6. The Morgan fingerprint density at radius 3 is 2.47 bits per heavy atom. The van der Waals surface area contributed by atoms with E-state index in [9.17, 15) is 14.7 Å². The van der Waals surface area contributed by atoms with E-state index >= 15 is 0 Å². The summed E-state index contributed by atoms with van der Waals surface area (Å²) in [5.74, 6) is -0.505. The van der Waals surface area contributed by atoms with Crippen molar-refractivity contribution >= 4 is 45.2 Å². The standard InChI is InChI=1S/C30H35BrN4O3/c1-30(2,38)19-35-17-24(25(18-35)29(37)33-23-14-12-22(31)13-15-23)21-10-7-20(8-11-21)9-16-28(36)34-27-6-4-3-5-26(27)32/h3-12,14,16,24-25,38H,13,15,17-19,32H2,1-2H3,(H,33,37)(H,34,36)/b16-9+. The number of carbonyl (C=O) groups excluding carboxylic acids is 2. The van der Waals surface area contributed by atoms with Crippen molar-refractivity contribution in [2.45, 2.75) is 38.2 Å². The van der Waals surface area contributed by atoms with Crippen LogP contribution in [0.2, 0.25) is 0 Å². The Hall–Kier alpha value is -3.20. The van der Waals surface area contributed by atoms with E-state index in [2.05, 4.69) is 31.5 Å². The highest BCUT2D eigenvalue weighted by Gasteiger charge is 2.40. The van der Waals surface area contributed by atoms with Gasteiger partial charge in [0.25, 0.3) is 0 Å². The van der Waals surface area contributed by atoms with Crippen molar-refractivity contribution in [1.29, 1.82) is 0 Å². The number of carbonyl (C=O) groups is 2. The van der Waals surface area contributed by atoms with Crippen molar-refractivity contribution in [3.63, 3.8) is 0 Å². The first kappa shape index (κ1) is 27.8. The summed E-state index contributed by atoms with van der Waals surface area (Å²) in [6.45, 7) is 5.33. The molecule has 1 aliphatic heterocycles. The molecule has 38 heavy (non-hydrogen) atoms.